The molecule has 142 valence electrons. The maximum absolute atomic E-state index is 9.93. The van der Waals surface area contributed by atoms with E-state index in [1.807, 2.05) is 54.6 Å². The summed E-state index contributed by atoms with van der Waals surface area (Å²) in [7, 11) is 0. The third-order valence-electron chi connectivity index (χ3n) is 5.35. The maximum atomic E-state index is 9.93. The summed E-state index contributed by atoms with van der Waals surface area (Å²) < 4.78 is 6.59. The summed E-state index contributed by atoms with van der Waals surface area (Å²) in [4.78, 5) is 0. The Morgan fingerprint density at radius 3 is 1.79 bits per heavy atom. The molecule has 0 aliphatic carbocycles. The number of phenolic OH excluding ortho intramolecular Hbond substituents is 3. The van der Waals surface area contributed by atoms with Crippen LogP contribution in [0, 0.1) is 0 Å². The lowest BCUT2D eigenvalue weighted by molar-refractivity contribution is 0.161. The molecule has 0 saturated heterocycles. The van der Waals surface area contributed by atoms with E-state index in [0.717, 1.165) is 27.5 Å². The molecule has 29 heavy (non-hydrogen) atoms. The van der Waals surface area contributed by atoms with Gasteiger partial charge in [-0.15, -0.1) is 0 Å². The van der Waals surface area contributed by atoms with Gasteiger partial charge >= 0.3 is 0 Å². The van der Waals surface area contributed by atoms with Gasteiger partial charge in [-0.05, 0) is 65.4 Å². The Kier molecular flexibility index (Phi) is 3.74. The van der Waals surface area contributed by atoms with E-state index in [9.17, 15) is 15.3 Å². The second-order valence-electron chi connectivity index (χ2n) is 7.15. The molecule has 4 aromatic rings. The van der Waals surface area contributed by atoms with Gasteiger partial charge in [0.25, 0.3) is 0 Å². The van der Waals surface area contributed by atoms with Gasteiger partial charge in [-0.1, -0.05) is 36.4 Å². The van der Waals surface area contributed by atoms with E-state index < -0.39 is 5.60 Å². The Morgan fingerprint density at radius 2 is 1.17 bits per heavy atom. The highest BCUT2D eigenvalue weighted by Crippen LogP contribution is 2.45. The smallest absolute Gasteiger partial charge is 0.178 e. The van der Waals surface area contributed by atoms with Crippen molar-refractivity contribution < 1.29 is 20.1 Å². The second-order valence-corrected chi connectivity index (χ2v) is 7.15. The van der Waals surface area contributed by atoms with E-state index in [0.29, 0.717) is 5.75 Å². The molecule has 0 radical (unpaired) electrons. The first-order chi connectivity index (χ1) is 14.0. The second kappa shape index (κ2) is 6.31. The van der Waals surface area contributed by atoms with Crippen molar-refractivity contribution in [3.63, 3.8) is 0 Å². The summed E-state index contributed by atoms with van der Waals surface area (Å²) >= 11 is 0. The molecular formula is C25H18O4. The van der Waals surface area contributed by atoms with Crippen molar-refractivity contribution in [3.8, 4) is 23.0 Å². The molecule has 0 spiro atoms. The van der Waals surface area contributed by atoms with E-state index in [-0.39, 0.29) is 17.2 Å². The fourth-order valence-electron chi connectivity index (χ4n) is 3.87. The van der Waals surface area contributed by atoms with Crippen LogP contribution in [0.25, 0.3) is 16.8 Å². The lowest BCUT2D eigenvalue weighted by Crippen LogP contribution is -2.34. The Morgan fingerprint density at radius 1 is 0.621 bits per heavy atom. The number of hydrogen-bond acceptors (Lipinski definition) is 4. The molecule has 0 fully saturated rings. The van der Waals surface area contributed by atoms with Gasteiger partial charge in [0.2, 0.25) is 0 Å². The zero-order valence-corrected chi connectivity index (χ0v) is 15.4. The van der Waals surface area contributed by atoms with Gasteiger partial charge in [-0.2, -0.15) is 0 Å². The zero-order valence-electron chi connectivity index (χ0n) is 15.4. The van der Waals surface area contributed by atoms with Gasteiger partial charge in [0.05, 0.1) is 0 Å². The number of hydrogen-bond donors (Lipinski definition) is 3. The van der Waals surface area contributed by atoms with Gasteiger partial charge in [0.15, 0.2) is 5.60 Å². The Balaban J connectivity index is 1.73. The minimum Gasteiger partial charge on any atom is -0.508 e. The van der Waals surface area contributed by atoms with Crippen molar-refractivity contribution in [1.82, 2.24) is 0 Å². The molecule has 0 atom stereocenters. The van der Waals surface area contributed by atoms with Gasteiger partial charge in [0.1, 0.15) is 23.0 Å². The van der Waals surface area contributed by atoms with Crippen molar-refractivity contribution in [2.45, 2.75) is 5.60 Å². The minimum absolute atomic E-state index is 0.177. The summed E-state index contributed by atoms with van der Waals surface area (Å²) in [5.74, 6) is 1.24. The predicted molar refractivity (Wildman–Crippen MR) is 112 cm³/mol. The molecule has 0 aromatic heterocycles. The van der Waals surface area contributed by atoms with E-state index >= 15 is 0 Å². The summed E-state index contributed by atoms with van der Waals surface area (Å²) in [6.07, 6.45) is 3.97. The quantitative estimate of drug-likeness (QED) is 0.440. The average Bonchev–Trinajstić information content (AvgIpc) is 2.74. The molecule has 1 heterocycles. The number of fused-ring (bicyclic) bond motifs is 3. The van der Waals surface area contributed by atoms with Gasteiger partial charge < -0.3 is 20.1 Å². The van der Waals surface area contributed by atoms with Gasteiger partial charge in [0, 0.05) is 16.7 Å². The summed E-state index contributed by atoms with van der Waals surface area (Å²) in [5.41, 5.74) is 1.67. The van der Waals surface area contributed by atoms with Crippen molar-refractivity contribution in [1.29, 1.82) is 0 Å². The Hall–Kier alpha value is -3.92. The summed E-state index contributed by atoms with van der Waals surface area (Å²) in [6.45, 7) is 0. The van der Waals surface area contributed by atoms with Crippen LogP contribution in [0.4, 0.5) is 0 Å². The average molecular weight is 382 g/mol. The zero-order chi connectivity index (χ0) is 20.0. The lowest BCUT2D eigenvalue weighted by Gasteiger charge is -2.36. The van der Waals surface area contributed by atoms with Crippen LogP contribution in [0.1, 0.15) is 16.7 Å². The van der Waals surface area contributed by atoms with Gasteiger partial charge in [-0.25, -0.2) is 0 Å². The maximum Gasteiger partial charge on any atom is 0.178 e. The van der Waals surface area contributed by atoms with Crippen LogP contribution in [0.2, 0.25) is 0 Å². The lowest BCUT2D eigenvalue weighted by atomic mass is 9.83. The molecule has 4 nitrogen and oxygen atoms in total. The SMILES string of the molecule is Oc1ccc(C2(c3ccc(O)cc3)C=Cc3c(ccc4ccc(O)cc34)O2)cc1. The van der Waals surface area contributed by atoms with Crippen LogP contribution >= 0.6 is 0 Å². The molecule has 1 aliphatic rings. The first-order valence-corrected chi connectivity index (χ1v) is 9.28. The van der Waals surface area contributed by atoms with E-state index in [4.69, 9.17) is 4.74 Å². The predicted octanol–water partition coefficient (Wildman–Crippen LogP) is 5.31. The molecule has 0 bridgehead atoms. The summed E-state index contributed by atoms with van der Waals surface area (Å²) in [6, 6.07) is 23.0. The van der Waals surface area contributed by atoms with Crippen molar-refractivity contribution in [3.05, 3.63) is 102 Å². The van der Waals surface area contributed by atoms with Gasteiger partial charge in [-0.3, -0.25) is 0 Å². The monoisotopic (exact) mass is 382 g/mol. The first-order valence-electron chi connectivity index (χ1n) is 9.28. The fourth-order valence-corrected chi connectivity index (χ4v) is 3.87. The Labute approximate surface area is 167 Å². The van der Waals surface area contributed by atoms with E-state index in [1.54, 1.807) is 36.4 Å². The third kappa shape index (κ3) is 2.77. The largest absolute Gasteiger partial charge is 0.508 e. The van der Waals surface area contributed by atoms with Crippen LogP contribution in [0.15, 0.2) is 84.9 Å². The van der Waals surface area contributed by atoms with Crippen molar-refractivity contribution >= 4 is 16.8 Å². The molecule has 4 heteroatoms. The van der Waals surface area contributed by atoms with E-state index in [2.05, 4.69) is 0 Å². The third-order valence-corrected chi connectivity index (χ3v) is 5.35. The normalized spacial score (nSPS) is 14.3. The van der Waals surface area contributed by atoms with Crippen LogP contribution in [0.3, 0.4) is 0 Å². The molecule has 0 saturated carbocycles. The highest BCUT2D eigenvalue weighted by Gasteiger charge is 2.37. The number of phenols is 3. The van der Waals surface area contributed by atoms with Crippen LogP contribution in [-0.2, 0) is 5.60 Å². The first kappa shape index (κ1) is 17.2. The number of aromatic hydroxyl groups is 3. The van der Waals surface area contributed by atoms with Crippen LogP contribution in [-0.4, -0.2) is 15.3 Å². The molecule has 3 N–H and O–H groups in total. The molecule has 0 unspecified atom stereocenters. The molecule has 4 aromatic carbocycles. The van der Waals surface area contributed by atoms with Crippen molar-refractivity contribution in [2.75, 3.05) is 0 Å². The summed E-state index contributed by atoms with van der Waals surface area (Å²) in [5, 5.41) is 31.3. The van der Waals surface area contributed by atoms with Crippen molar-refractivity contribution in [2.24, 2.45) is 0 Å². The number of benzene rings is 4. The molecule has 5 rings (SSSR count). The standard InChI is InChI=1S/C25H18O4/c26-19-8-3-17(4-9-19)25(18-5-10-20(27)11-6-18)14-13-22-23-15-21(28)7-1-16(23)2-12-24(22)29-25/h1-15,26-28H. The topological polar surface area (TPSA) is 69.9 Å². The molecule has 0 amide bonds. The minimum atomic E-state index is -0.918. The highest BCUT2D eigenvalue weighted by atomic mass is 16.5. The highest BCUT2D eigenvalue weighted by molar-refractivity contribution is 5.94. The molecular weight excluding hydrogens is 364 g/mol. The van der Waals surface area contributed by atoms with E-state index in [1.165, 1.54) is 0 Å². The Bertz CT molecular complexity index is 1190. The number of ether oxygens (including phenoxy) is 1. The fraction of sp³-hybridized carbons (Fsp3) is 0.0400. The van der Waals surface area contributed by atoms with Crippen LogP contribution < -0.4 is 4.74 Å². The molecule has 1 aliphatic heterocycles. The van der Waals surface area contributed by atoms with Crippen LogP contribution in [0.5, 0.6) is 23.0 Å². The number of rotatable bonds is 2.